The van der Waals surface area contributed by atoms with Gasteiger partial charge < -0.3 is 10.6 Å². The third-order valence-corrected chi connectivity index (χ3v) is 4.08. The number of carbonyl (C=O) groups is 2. The number of alkyl halides is 4. The summed E-state index contributed by atoms with van der Waals surface area (Å²) in [7, 11) is 0. The molecule has 0 spiro atoms. The molecule has 2 N–H and O–H groups in total. The lowest BCUT2D eigenvalue weighted by atomic mass is 10.1. The van der Waals surface area contributed by atoms with Crippen molar-refractivity contribution in [3.8, 4) is 0 Å². The largest absolute Gasteiger partial charge is 0.396 e. The molecule has 0 saturated carbocycles. The molecule has 2 amide bonds. The van der Waals surface area contributed by atoms with Crippen LogP contribution in [0.3, 0.4) is 0 Å². The third kappa shape index (κ3) is 5.00. The molecule has 0 aliphatic rings. The Balaban J connectivity index is 2.22. The van der Waals surface area contributed by atoms with Crippen molar-refractivity contribution in [1.29, 1.82) is 0 Å². The lowest BCUT2D eigenvalue weighted by Crippen LogP contribution is -2.56. The minimum Gasteiger partial charge on any atom is -0.321 e. The summed E-state index contributed by atoms with van der Waals surface area (Å²) >= 11 is 22.6. The van der Waals surface area contributed by atoms with Crippen LogP contribution in [-0.2, 0) is 9.59 Å². The van der Waals surface area contributed by atoms with E-state index in [0.29, 0.717) is 0 Å². The molecule has 0 aromatic heterocycles. The maximum Gasteiger partial charge on any atom is 0.396 e. The first-order chi connectivity index (χ1) is 12.8. The highest BCUT2D eigenvalue weighted by atomic mass is 35.5. The van der Waals surface area contributed by atoms with Gasteiger partial charge in [-0.3, -0.25) is 9.59 Å². The number of benzene rings is 2. The molecule has 0 atom stereocenters. The minimum atomic E-state index is -5.41. The molecular formula is C16H8Cl4F4N2O2. The number of nitrogens with one attached hydrogen (secondary N) is 2. The van der Waals surface area contributed by atoms with E-state index in [2.05, 4.69) is 0 Å². The molecule has 0 aliphatic heterocycles. The van der Waals surface area contributed by atoms with Crippen LogP contribution < -0.4 is 10.6 Å². The van der Waals surface area contributed by atoms with Gasteiger partial charge >= 0.3 is 23.7 Å². The van der Waals surface area contributed by atoms with E-state index in [1.54, 1.807) is 10.6 Å². The van der Waals surface area contributed by atoms with E-state index in [0.717, 1.165) is 24.3 Å². The lowest BCUT2D eigenvalue weighted by Gasteiger charge is -2.24. The lowest BCUT2D eigenvalue weighted by molar-refractivity contribution is -0.204. The summed E-state index contributed by atoms with van der Waals surface area (Å²) < 4.78 is 56.2. The molecule has 0 unspecified atom stereocenters. The van der Waals surface area contributed by atoms with Crippen LogP contribution in [0.25, 0.3) is 0 Å². The van der Waals surface area contributed by atoms with Gasteiger partial charge in [0.25, 0.3) is 0 Å². The van der Waals surface area contributed by atoms with Crippen molar-refractivity contribution < 1.29 is 27.2 Å². The normalized spacial score (nSPS) is 11.9. The fourth-order valence-corrected chi connectivity index (χ4v) is 3.01. The Hall–Kier alpha value is -1.74. The first kappa shape index (κ1) is 22.5. The Morgan fingerprint density at radius 1 is 0.607 bits per heavy atom. The maximum atomic E-state index is 14.1. The van der Waals surface area contributed by atoms with E-state index in [9.17, 15) is 27.2 Å². The summed E-state index contributed by atoms with van der Waals surface area (Å²) in [5.74, 6) is -15.7. The molecule has 0 fully saturated rings. The zero-order chi connectivity index (χ0) is 21.3. The van der Waals surface area contributed by atoms with E-state index >= 15 is 0 Å². The van der Waals surface area contributed by atoms with Gasteiger partial charge in [0.15, 0.2) is 0 Å². The summed E-state index contributed by atoms with van der Waals surface area (Å²) in [6, 6.07) is 6.49. The van der Waals surface area contributed by atoms with E-state index in [1.807, 2.05) is 0 Å². The van der Waals surface area contributed by atoms with Gasteiger partial charge in [0.05, 0.1) is 0 Å². The van der Waals surface area contributed by atoms with Gasteiger partial charge in [0, 0.05) is 31.5 Å². The zero-order valence-corrected chi connectivity index (χ0v) is 16.3. The van der Waals surface area contributed by atoms with Gasteiger partial charge in [-0.2, -0.15) is 17.6 Å². The van der Waals surface area contributed by atoms with Crippen LogP contribution >= 0.6 is 46.4 Å². The van der Waals surface area contributed by atoms with Crippen LogP contribution in [0, 0.1) is 0 Å². The Morgan fingerprint density at radius 3 is 1.11 bits per heavy atom. The monoisotopic (exact) mass is 476 g/mol. The number of carbonyl (C=O) groups excluding carboxylic acids is 2. The molecule has 2 aromatic rings. The number of hydrogen-bond acceptors (Lipinski definition) is 2. The summed E-state index contributed by atoms with van der Waals surface area (Å²) in [5.41, 5.74) is -0.722. The molecule has 0 aliphatic carbocycles. The highest BCUT2D eigenvalue weighted by molar-refractivity contribution is 6.35. The summed E-state index contributed by atoms with van der Waals surface area (Å²) in [6.07, 6.45) is 0. The Labute approximate surface area is 175 Å². The second-order valence-corrected chi connectivity index (χ2v) is 7.12. The fourth-order valence-electron chi connectivity index (χ4n) is 1.96. The predicted octanol–water partition coefficient (Wildman–Crippen LogP) is 6.15. The molecular weight excluding hydrogens is 470 g/mol. The van der Waals surface area contributed by atoms with Crippen molar-refractivity contribution in [3.63, 3.8) is 0 Å². The number of anilines is 2. The Kier molecular flexibility index (Phi) is 6.70. The molecule has 2 rings (SSSR count). The quantitative estimate of drug-likeness (QED) is 0.507. The standard InChI is InChI=1S/C16H8Cl4F4N2O2/c17-7-1-8(18)4-11(3-7)25-13(27)15(21,22)16(23,24)14(28)26-12-5-9(19)2-10(20)6-12/h1-6H,(H,25,27)(H,26,28). The van der Waals surface area contributed by atoms with Crippen LogP contribution in [0.4, 0.5) is 28.9 Å². The molecule has 2 aromatic carbocycles. The highest BCUT2D eigenvalue weighted by Crippen LogP contribution is 2.37. The third-order valence-electron chi connectivity index (χ3n) is 3.21. The molecule has 0 bridgehead atoms. The first-order valence-electron chi connectivity index (χ1n) is 7.13. The van der Waals surface area contributed by atoms with Gasteiger partial charge in [-0.1, -0.05) is 46.4 Å². The predicted molar refractivity (Wildman–Crippen MR) is 100 cm³/mol. The Morgan fingerprint density at radius 2 is 0.857 bits per heavy atom. The van der Waals surface area contributed by atoms with Crippen molar-refractivity contribution in [3.05, 3.63) is 56.5 Å². The maximum absolute atomic E-state index is 14.1. The van der Waals surface area contributed by atoms with E-state index in [4.69, 9.17) is 46.4 Å². The average Bonchev–Trinajstić information content (AvgIpc) is 2.52. The minimum absolute atomic E-state index is 0.0338. The van der Waals surface area contributed by atoms with Gasteiger partial charge in [0.2, 0.25) is 0 Å². The number of rotatable bonds is 5. The second-order valence-electron chi connectivity index (χ2n) is 5.37. The van der Waals surface area contributed by atoms with Gasteiger partial charge in [-0.15, -0.1) is 0 Å². The fraction of sp³-hybridized carbons (Fsp3) is 0.125. The SMILES string of the molecule is O=C(Nc1cc(Cl)cc(Cl)c1)C(F)(F)C(F)(F)C(=O)Nc1cc(Cl)cc(Cl)c1. The molecule has 0 heterocycles. The van der Waals surface area contributed by atoms with Crippen molar-refractivity contribution in [1.82, 2.24) is 0 Å². The van der Waals surface area contributed by atoms with Gasteiger partial charge in [0.1, 0.15) is 0 Å². The van der Waals surface area contributed by atoms with Crippen LogP contribution in [0.1, 0.15) is 0 Å². The van der Waals surface area contributed by atoms with Gasteiger partial charge in [-0.05, 0) is 36.4 Å². The zero-order valence-electron chi connectivity index (χ0n) is 13.3. The molecule has 4 nitrogen and oxygen atoms in total. The Bertz CT molecular complexity index is 825. The topological polar surface area (TPSA) is 58.2 Å². The molecule has 12 heteroatoms. The summed E-state index contributed by atoms with van der Waals surface area (Å²) in [6.45, 7) is 0. The first-order valence-corrected chi connectivity index (χ1v) is 8.65. The smallest absolute Gasteiger partial charge is 0.321 e. The van der Waals surface area contributed by atoms with Crippen molar-refractivity contribution >= 4 is 69.6 Å². The molecule has 0 radical (unpaired) electrons. The van der Waals surface area contributed by atoms with Crippen molar-refractivity contribution in [2.45, 2.75) is 11.8 Å². The van der Waals surface area contributed by atoms with Crippen molar-refractivity contribution in [2.75, 3.05) is 10.6 Å². The number of amides is 2. The van der Waals surface area contributed by atoms with Crippen LogP contribution in [0.15, 0.2) is 36.4 Å². The van der Waals surface area contributed by atoms with E-state index in [1.165, 1.54) is 12.1 Å². The number of halogens is 8. The van der Waals surface area contributed by atoms with E-state index in [-0.39, 0.29) is 31.5 Å². The molecule has 28 heavy (non-hydrogen) atoms. The van der Waals surface area contributed by atoms with Crippen molar-refractivity contribution in [2.24, 2.45) is 0 Å². The molecule has 0 saturated heterocycles. The van der Waals surface area contributed by atoms with Gasteiger partial charge in [-0.25, -0.2) is 0 Å². The van der Waals surface area contributed by atoms with E-state index < -0.39 is 23.7 Å². The molecule has 150 valence electrons. The highest BCUT2D eigenvalue weighted by Gasteiger charge is 2.67. The van der Waals surface area contributed by atoms with Crippen LogP contribution in [0.2, 0.25) is 20.1 Å². The average molecular weight is 478 g/mol. The van der Waals surface area contributed by atoms with Crippen LogP contribution in [0.5, 0.6) is 0 Å². The summed E-state index contributed by atoms with van der Waals surface area (Å²) in [5, 5.41) is 2.96. The summed E-state index contributed by atoms with van der Waals surface area (Å²) in [4.78, 5) is 23.4. The number of hydrogen-bond donors (Lipinski definition) is 2. The second kappa shape index (κ2) is 8.32. The van der Waals surface area contributed by atoms with Crippen LogP contribution in [-0.4, -0.2) is 23.7 Å².